The predicted molar refractivity (Wildman–Crippen MR) is 80.0 cm³/mol. The van der Waals surface area contributed by atoms with Crippen molar-refractivity contribution >= 4 is 31.5 Å². The summed E-state index contributed by atoms with van der Waals surface area (Å²) in [5, 5.41) is 10.3. The lowest BCUT2D eigenvalue weighted by atomic mass is 10.1. The van der Waals surface area contributed by atoms with Crippen molar-refractivity contribution in [3.05, 3.63) is 46.1 Å². The molecule has 1 aromatic heterocycles. The standard InChI is InChI=1S/C12H13N3O4S2/c1-2-3-9-4-6-10(7-5-9)21(18,19)14-12-13-8-11(20-12)15(16)17/h4-8H,2-3H2,1H3,(H,13,14). The maximum atomic E-state index is 12.1. The molecule has 21 heavy (non-hydrogen) atoms. The van der Waals surface area contributed by atoms with Gasteiger partial charge in [-0.2, -0.15) is 0 Å². The molecule has 0 fully saturated rings. The number of nitrogens with zero attached hydrogens (tertiary/aromatic N) is 2. The largest absolute Gasteiger partial charge is 0.345 e. The van der Waals surface area contributed by atoms with E-state index in [9.17, 15) is 18.5 Å². The van der Waals surface area contributed by atoms with Gasteiger partial charge in [0.1, 0.15) is 6.20 Å². The number of benzene rings is 1. The molecule has 0 amide bonds. The van der Waals surface area contributed by atoms with Gasteiger partial charge in [-0.05, 0) is 35.5 Å². The van der Waals surface area contributed by atoms with E-state index < -0.39 is 14.9 Å². The van der Waals surface area contributed by atoms with Crippen LogP contribution < -0.4 is 4.72 Å². The monoisotopic (exact) mass is 327 g/mol. The fourth-order valence-corrected chi connectivity index (χ4v) is 3.57. The van der Waals surface area contributed by atoms with Crippen LogP contribution in [0, 0.1) is 10.1 Å². The van der Waals surface area contributed by atoms with Crippen LogP contribution in [0.2, 0.25) is 0 Å². The summed E-state index contributed by atoms with van der Waals surface area (Å²) in [6.45, 7) is 2.04. The summed E-state index contributed by atoms with van der Waals surface area (Å²) in [6.07, 6.45) is 2.88. The van der Waals surface area contributed by atoms with Crippen LogP contribution in [0.4, 0.5) is 10.1 Å². The first-order valence-electron chi connectivity index (χ1n) is 6.14. The molecule has 0 aliphatic carbocycles. The average Bonchev–Trinajstić information content (AvgIpc) is 2.88. The number of hydrogen-bond acceptors (Lipinski definition) is 6. The van der Waals surface area contributed by atoms with E-state index in [-0.39, 0.29) is 15.0 Å². The molecular formula is C12H13N3O4S2. The second kappa shape index (κ2) is 6.19. The van der Waals surface area contributed by atoms with Gasteiger partial charge in [0.15, 0.2) is 0 Å². The second-order valence-corrected chi connectivity index (χ2v) is 6.95. The molecule has 0 aliphatic heterocycles. The van der Waals surface area contributed by atoms with E-state index in [0.717, 1.165) is 24.6 Å². The molecule has 1 N–H and O–H groups in total. The van der Waals surface area contributed by atoms with Crippen LogP contribution >= 0.6 is 11.3 Å². The van der Waals surface area contributed by atoms with E-state index in [0.29, 0.717) is 11.3 Å². The van der Waals surface area contributed by atoms with Crippen LogP contribution in [0.1, 0.15) is 18.9 Å². The normalized spacial score (nSPS) is 11.3. The molecule has 0 spiro atoms. The van der Waals surface area contributed by atoms with Gasteiger partial charge in [-0.15, -0.1) is 0 Å². The van der Waals surface area contributed by atoms with Gasteiger partial charge in [0.25, 0.3) is 10.0 Å². The van der Waals surface area contributed by atoms with Gasteiger partial charge < -0.3 is 0 Å². The molecule has 1 aromatic carbocycles. The van der Waals surface area contributed by atoms with E-state index >= 15 is 0 Å². The van der Waals surface area contributed by atoms with Gasteiger partial charge >= 0.3 is 5.00 Å². The third-order valence-electron chi connectivity index (χ3n) is 2.67. The van der Waals surface area contributed by atoms with Gasteiger partial charge in [0.05, 0.1) is 9.82 Å². The summed E-state index contributed by atoms with van der Waals surface area (Å²) in [4.78, 5) is 13.7. The fourth-order valence-electron chi connectivity index (χ4n) is 1.70. The highest BCUT2D eigenvalue weighted by Gasteiger charge is 2.18. The summed E-state index contributed by atoms with van der Waals surface area (Å²) in [6, 6.07) is 6.52. The summed E-state index contributed by atoms with van der Waals surface area (Å²) < 4.78 is 26.5. The van der Waals surface area contributed by atoms with E-state index in [4.69, 9.17) is 0 Å². The Morgan fingerprint density at radius 2 is 2.00 bits per heavy atom. The molecule has 0 atom stereocenters. The number of hydrogen-bond donors (Lipinski definition) is 1. The van der Waals surface area contributed by atoms with Crippen molar-refractivity contribution in [1.29, 1.82) is 0 Å². The third-order valence-corrected chi connectivity index (χ3v) is 5.02. The first-order chi connectivity index (χ1) is 9.92. The number of aromatic nitrogens is 1. The zero-order chi connectivity index (χ0) is 15.5. The summed E-state index contributed by atoms with van der Waals surface area (Å²) >= 11 is 0.673. The number of nitrogens with one attached hydrogen (secondary N) is 1. The minimum atomic E-state index is -3.78. The first-order valence-corrected chi connectivity index (χ1v) is 8.44. The van der Waals surface area contributed by atoms with Crippen molar-refractivity contribution in [2.75, 3.05) is 4.72 Å². The second-order valence-electron chi connectivity index (χ2n) is 4.26. The topological polar surface area (TPSA) is 102 Å². The van der Waals surface area contributed by atoms with Crippen molar-refractivity contribution in [3.63, 3.8) is 0 Å². The SMILES string of the molecule is CCCc1ccc(S(=O)(=O)Nc2ncc([N+](=O)[O-])s2)cc1. The molecule has 0 saturated heterocycles. The van der Waals surface area contributed by atoms with E-state index in [1.165, 1.54) is 12.1 Å². The number of sulfonamides is 1. The highest BCUT2D eigenvalue weighted by molar-refractivity contribution is 7.93. The maximum Gasteiger partial charge on any atom is 0.345 e. The Hall–Kier alpha value is -2.00. The Morgan fingerprint density at radius 1 is 1.33 bits per heavy atom. The molecule has 0 unspecified atom stereocenters. The molecule has 0 radical (unpaired) electrons. The van der Waals surface area contributed by atoms with Crippen LogP contribution in [0.25, 0.3) is 0 Å². The van der Waals surface area contributed by atoms with Crippen molar-refractivity contribution in [2.24, 2.45) is 0 Å². The molecule has 2 aromatic rings. The number of nitro groups is 1. The van der Waals surface area contributed by atoms with Crippen molar-refractivity contribution in [3.8, 4) is 0 Å². The molecule has 112 valence electrons. The van der Waals surface area contributed by atoms with Gasteiger partial charge in [0, 0.05) is 0 Å². The van der Waals surface area contributed by atoms with Crippen molar-refractivity contribution < 1.29 is 13.3 Å². The minimum absolute atomic E-state index is 0.0284. The molecule has 9 heteroatoms. The molecule has 1 heterocycles. The molecule has 7 nitrogen and oxygen atoms in total. The molecule has 0 aliphatic rings. The van der Waals surface area contributed by atoms with Gasteiger partial charge in [-0.3, -0.25) is 14.8 Å². The first kappa shape index (κ1) is 15.4. The van der Waals surface area contributed by atoms with E-state index in [1.54, 1.807) is 12.1 Å². The van der Waals surface area contributed by atoms with Crippen molar-refractivity contribution in [1.82, 2.24) is 4.98 Å². The van der Waals surface area contributed by atoms with Crippen LogP contribution in [0.5, 0.6) is 0 Å². The zero-order valence-corrected chi connectivity index (χ0v) is 12.8. The van der Waals surface area contributed by atoms with Gasteiger partial charge in [-0.25, -0.2) is 13.4 Å². The number of anilines is 1. The molecule has 2 rings (SSSR count). The third kappa shape index (κ3) is 3.76. The summed E-state index contributed by atoms with van der Waals surface area (Å²) in [5.74, 6) is 0. The van der Waals surface area contributed by atoms with Crippen LogP contribution in [-0.2, 0) is 16.4 Å². The average molecular weight is 327 g/mol. The summed E-state index contributed by atoms with van der Waals surface area (Å²) in [7, 11) is -3.78. The maximum absolute atomic E-state index is 12.1. The molecule has 0 saturated carbocycles. The van der Waals surface area contributed by atoms with Crippen LogP contribution in [0.15, 0.2) is 35.4 Å². The predicted octanol–water partition coefficient (Wildman–Crippen LogP) is 2.80. The Balaban J connectivity index is 2.18. The Labute approximate surface area is 125 Å². The van der Waals surface area contributed by atoms with Crippen molar-refractivity contribution in [2.45, 2.75) is 24.7 Å². The van der Waals surface area contributed by atoms with Gasteiger partial charge in [0.2, 0.25) is 5.13 Å². The number of thiazole rings is 1. The Morgan fingerprint density at radius 3 is 2.52 bits per heavy atom. The van der Waals surface area contributed by atoms with Crippen LogP contribution in [-0.4, -0.2) is 18.3 Å². The highest BCUT2D eigenvalue weighted by atomic mass is 32.2. The Bertz CT molecular complexity index is 738. The Kier molecular flexibility index (Phi) is 4.53. The highest BCUT2D eigenvalue weighted by Crippen LogP contribution is 2.27. The van der Waals surface area contributed by atoms with Gasteiger partial charge in [-0.1, -0.05) is 25.5 Å². The zero-order valence-electron chi connectivity index (χ0n) is 11.1. The molecular weight excluding hydrogens is 314 g/mol. The lowest BCUT2D eigenvalue weighted by molar-refractivity contribution is -0.380. The van der Waals surface area contributed by atoms with Crippen LogP contribution in [0.3, 0.4) is 0 Å². The quantitative estimate of drug-likeness (QED) is 0.649. The fraction of sp³-hybridized carbons (Fsp3) is 0.250. The number of aryl methyl sites for hydroxylation is 1. The number of rotatable bonds is 6. The summed E-state index contributed by atoms with van der Waals surface area (Å²) in [5.41, 5.74) is 1.06. The smallest absolute Gasteiger partial charge is 0.257 e. The van der Waals surface area contributed by atoms with E-state index in [1.807, 2.05) is 6.92 Å². The minimum Gasteiger partial charge on any atom is -0.257 e. The molecule has 0 bridgehead atoms. The van der Waals surface area contributed by atoms with E-state index in [2.05, 4.69) is 9.71 Å². The lowest BCUT2D eigenvalue weighted by Gasteiger charge is -2.05. The lowest BCUT2D eigenvalue weighted by Crippen LogP contribution is -2.12.